The maximum atomic E-state index is 8.89. The van der Waals surface area contributed by atoms with Gasteiger partial charge in [0.05, 0.1) is 6.04 Å². The maximum absolute atomic E-state index is 8.89. The van der Waals surface area contributed by atoms with Crippen molar-refractivity contribution >= 4 is 6.21 Å². The van der Waals surface area contributed by atoms with E-state index in [9.17, 15) is 0 Å². The Labute approximate surface area is 47.7 Å². The Balaban J connectivity index is 2.55. The Bertz CT molecular complexity index is 101. The second-order valence-electron chi connectivity index (χ2n) is 2.02. The molecule has 0 aliphatic carbocycles. The zero-order chi connectivity index (χ0) is 6.15. The molecule has 0 amide bonds. The summed E-state index contributed by atoms with van der Waals surface area (Å²) in [5, 5.41) is 17.7. The lowest BCUT2D eigenvalue weighted by Gasteiger charge is -2.08. The highest BCUT2D eigenvalue weighted by Crippen LogP contribution is 2.08. The molecule has 0 fully saturated rings. The van der Waals surface area contributed by atoms with Crippen LogP contribution in [0.2, 0.25) is 0 Å². The first kappa shape index (κ1) is 5.72. The van der Waals surface area contributed by atoms with Gasteiger partial charge < -0.3 is 10.2 Å². The fourth-order valence-electron chi connectivity index (χ4n) is 0.686. The third kappa shape index (κ3) is 0.743. The number of nitrogens with zero attached hydrogens (tertiary/aromatic N) is 1. The molecule has 0 bridgehead atoms. The smallest absolute Gasteiger partial charge is 0.117 e. The second-order valence-corrected chi connectivity index (χ2v) is 2.02. The number of aliphatic hydroxyl groups is 2. The Morgan fingerprint density at radius 2 is 2.12 bits per heavy atom. The standard InChI is InChI=1S/C5H9NO2/c1-3-5(8)4(7)2-6-3/h2-5,7-8H,1H3/t3-,4-,5-/m0/s1. The highest BCUT2D eigenvalue weighted by atomic mass is 16.3. The van der Waals surface area contributed by atoms with Crippen LogP contribution in [0, 0.1) is 0 Å². The van der Waals surface area contributed by atoms with Gasteiger partial charge in [0, 0.05) is 6.21 Å². The molecule has 0 saturated carbocycles. The molecular formula is C5H9NO2. The SMILES string of the molecule is C[C@@H]1N=C[C@H](O)[C@H]1O. The molecule has 0 spiro atoms. The highest BCUT2D eigenvalue weighted by Gasteiger charge is 2.25. The minimum Gasteiger partial charge on any atom is -0.388 e. The molecule has 3 heteroatoms. The summed E-state index contributed by atoms with van der Waals surface area (Å²) in [4.78, 5) is 3.77. The monoisotopic (exact) mass is 115 g/mol. The third-order valence-corrected chi connectivity index (χ3v) is 1.32. The Hall–Kier alpha value is -0.410. The molecule has 1 aliphatic rings. The molecule has 0 aromatic rings. The normalized spacial score (nSPS) is 45.6. The molecule has 2 N–H and O–H groups in total. The van der Waals surface area contributed by atoms with Crippen molar-refractivity contribution in [1.82, 2.24) is 0 Å². The van der Waals surface area contributed by atoms with Crippen molar-refractivity contribution in [2.75, 3.05) is 0 Å². The average Bonchev–Trinajstić information content (AvgIpc) is 1.98. The van der Waals surface area contributed by atoms with E-state index < -0.39 is 12.2 Å². The highest BCUT2D eigenvalue weighted by molar-refractivity contribution is 5.66. The van der Waals surface area contributed by atoms with Crippen LogP contribution in [0.1, 0.15) is 6.92 Å². The minimum atomic E-state index is -0.745. The van der Waals surface area contributed by atoms with E-state index in [1.165, 1.54) is 6.21 Å². The van der Waals surface area contributed by atoms with Crippen molar-refractivity contribution in [3.05, 3.63) is 0 Å². The van der Waals surface area contributed by atoms with Gasteiger partial charge in [-0.2, -0.15) is 0 Å². The number of hydrogen-bond donors (Lipinski definition) is 2. The van der Waals surface area contributed by atoms with Gasteiger partial charge in [0.1, 0.15) is 12.2 Å². The summed E-state index contributed by atoms with van der Waals surface area (Å²) in [6.07, 6.45) is -0.0602. The first-order valence-electron chi connectivity index (χ1n) is 2.61. The molecule has 1 aliphatic heterocycles. The first-order valence-corrected chi connectivity index (χ1v) is 2.61. The van der Waals surface area contributed by atoms with Crippen LogP contribution >= 0.6 is 0 Å². The van der Waals surface area contributed by atoms with Crippen molar-refractivity contribution in [2.45, 2.75) is 25.2 Å². The molecule has 3 atom stereocenters. The molecule has 46 valence electrons. The van der Waals surface area contributed by atoms with Gasteiger partial charge >= 0.3 is 0 Å². The van der Waals surface area contributed by atoms with Crippen molar-refractivity contribution < 1.29 is 10.2 Å². The van der Waals surface area contributed by atoms with Crippen molar-refractivity contribution in [3.63, 3.8) is 0 Å². The molecule has 1 heterocycles. The summed E-state index contributed by atoms with van der Waals surface area (Å²) in [5.74, 6) is 0. The maximum Gasteiger partial charge on any atom is 0.117 e. The number of hydrogen-bond acceptors (Lipinski definition) is 3. The van der Waals surface area contributed by atoms with Crippen LogP contribution in [0.3, 0.4) is 0 Å². The lowest BCUT2D eigenvalue weighted by Crippen LogP contribution is -2.28. The predicted molar refractivity (Wildman–Crippen MR) is 30.0 cm³/mol. The van der Waals surface area contributed by atoms with Crippen LogP contribution in [-0.4, -0.2) is 34.7 Å². The van der Waals surface area contributed by atoms with E-state index in [-0.39, 0.29) is 6.04 Å². The summed E-state index contributed by atoms with van der Waals surface area (Å²) >= 11 is 0. The van der Waals surface area contributed by atoms with Crippen LogP contribution in [0.15, 0.2) is 4.99 Å². The Morgan fingerprint density at radius 3 is 2.25 bits per heavy atom. The van der Waals surface area contributed by atoms with Gasteiger partial charge in [0.25, 0.3) is 0 Å². The van der Waals surface area contributed by atoms with Crippen LogP contribution < -0.4 is 0 Å². The molecule has 0 saturated heterocycles. The topological polar surface area (TPSA) is 52.8 Å². The molecule has 0 radical (unpaired) electrons. The zero-order valence-corrected chi connectivity index (χ0v) is 4.65. The van der Waals surface area contributed by atoms with Crippen molar-refractivity contribution in [2.24, 2.45) is 4.99 Å². The number of aliphatic hydroxyl groups excluding tert-OH is 2. The fourth-order valence-corrected chi connectivity index (χ4v) is 0.686. The van der Waals surface area contributed by atoms with Crippen LogP contribution in [0.25, 0.3) is 0 Å². The van der Waals surface area contributed by atoms with Crippen LogP contribution in [0.5, 0.6) is 0 Å². The quantitative estimate of drug-likeness (QED) is 0.433. The van der Waals surface area contributed by atoms with Crippen LogP contribution in [0.4, 0.5) is 0 Å². The molecule has 0 aromatic heterocycles. The van der Waals surface area contributed by atoms with Crippen LogP contribution in [-0.2, 0) is 0 Å². The molecule has 8 heavy (non-hydrogen) atoms. The molecular weight excluding hydrogens is 106 g/mol. The van der Waals surface area contributed by atoms with E-state index in [0.717, 1.165) is 0 Å². The zero-order valence-electron chi connectivity index (χ0n) is 4.65. The molecule has 0 aromatic carbocycles. The fraction of sp³-hybridized carbons (Fsp3) is 0.800. The third-order valence-electron chi connectivity index (χ3n) is 1.32. The van der Waals surface area contributed by atoms with Gasteiger partial charge in [-0.3, -0.25) is 4.99 Å². The summed E-state index contributed by atoms with van der Waals surface area (Å²) < 4.78 is 0. The number of aliphatic imine (C=N–C) groups is 1. The van der Waals surface area contributed by atoms with Gasteiger partial charge in [-0.1, -0.05) is 0 Å². The molecule has 1 rings (SSSR count). The Kier molecular flexibility index (Phi) is 1.31. The van der Waals surface area contributed by atoms with Gasteiger partial charge in [-0.05, 0) is 6.92 Å². The number of rotatable bonds is 0. The predicted octanol–water partition coefficient (Wildman–Crippen LogP) is -0.819. The lowest BCUT2D eigenvalue weighted by atomic mass is 10.2. The largest absolute Gasteiger partial charge is 0.388 e. The lowest BCUT2D eigenvalue weighted by molar-refractivity contribution is 0.0608. The Morgan fingerprint density at radius 1 is 1.50 bits per heavy atom. The minimum absolute atomic E-state index is 0.134. The van der Waals surface area contributed by atoms with Gasteiger partial charge in [0.2, 0.25) is 0 Å². The summed E-state index contributed by atoms with van der Waals surface area (Å²) in [7, 11) is 0. The van der Waals surface area contributed by atoms with Gasteiger partial charge in [-0.15, -0.1) is 0 Å². The average molecular weight is 115 g/mol. The first-order chi connectivity index (χ1) is 3.72. The molecule has 3 nitrogen and oxygen atoms in total. The molecule has 0 unspecified atom stereocenters. The van der Waals surface area contributed by atoms with E-state index in [0.29, 0.717) is 0 Å². The van der Waals surface area contributed by atoms with E-state index in [4.69, 9.17) is 10.2 Å². The van der Waals surface area contributed by atoms with E-state index in [1.807, 2.05) is 0 Å². The van der Waals surface area contributed by atoms with E-state index in [2.05, 4.69) is 4.99 Å². The van der Waals surface area contributed by atoms with Crippen molar-refractivity contribution in [3.8, 4) is 0 Å². The van der Waals surface area contributed by atoms with Crippen molar-refractivity contribution in [1.29, 1.82) is 0 Å². The summed E-state index contributed by atoms with van der Waals surface area (Å²) in [6.45, 7) is 1.76. The second kappa shape index (κ2) is 1.84. The van der Waals surface area contributed by atoms with Gasteiger partial charge in [0.15, 0.2) is 0 Å². The van der Waals surface area contributed by atoms with E-state index >= 15 is 0 Å². The van der Waals surface area contributed by atoms with Gasteiger partial charge in [-0.25, -0.2) is 0 Å². The van der Waals surface area contributed by atoms with E-state index in [1.54, 1.807) is 6.92 Å². The summed E-state index contributed by atoms with van der Waals surface area (Å²) in [6, 6.07) is -0.134. The summed E-state index contributed by atoms with van der Waals surface area (Å²) in [5.41, 5.74) is 0.